The maximum absolute atomic E-state index is 11.1. The van der Waals surface area contributed by atoms with Crippen LogP contribution in [0.2, 0.25) is 0 Å². The third-order valence-corrected chi connectivity index (χ3v) is 8.37. The van der Waals surface area contributed by atoms with Crippen LogP contribution in [0.1, 0.15) is 6.42 Å². The predicted molar refractivity (Wildman–Crippen MR) is 181 cm³/mol. The van der Waals surface area contributed by atoms with Crippen molar-refractivity contribution >= 4 is 31.2 Å². The molecular weight excluding hydrogens is 856 g/mol. The van der Waals surface area contributed by atoms with Crippen molar-refractivity contribution in [1.29, 1.82) is 0 Å². The molecule has 0 bridgehead atoms. The summed E-state index contributed by atoms with van der Waals surface area (Å²) >= 11 is 0. The van der Waals surface area contributed by atoms with Gasteiger partial charge in [-0.3, -0.25) is 27.3 Å². The molecule has 0 amide bonds. The minimum Gasteiger partial charge on any atom is -0.394 e. The molecule has 0 aromatic heterocycles. The Morgan fingerprint density at radius 1 is 0.474 bits per heavy atom. The smallest absolute Gasteiger partial charge is 0.394 e. The molecule has 34 heteroatoms. The number of ether oxygens (including phenoxy) is 6. The van der Waals surface area contributed by atoms with E-state index in [1.54, 1.807) is 0 Å². The van der Waals surface area contributed by atoms with E-state index in [0.717, 1.165) is 0 Å². The molecule has 57 heavy (non-hydrogen) atoms. The summed E-state index contributed by atoms with van der Waals surface area (Å²) < 4.78 is 129. The summed E-state index contributed by atoms with van der Waals surface area (Å²) in [6.45, 7) is -0.967. The van der Waals surface area contributed by atoms with Gasteiger partial charge in [0.15, 0.2) is 18.9 Å². The first kappa shape index (κ1) is 53.9. The molecule has 4 rings (SSSR count). The zero-order valence-corrected chi connectivity index (χ0v) is 31.6. The summed E-state index contributed by atoms with van der Waals surface area (Å²) in [7, 11) is -14.0. The first-order valence-electron chi connectivity index (χ1n) is 16.0. The van der Waals surface area contributed by atoms with Gasteiger partial charge in [-0.1, -0.05) is 0 Å². The van der Waals surface area contributed by atoms with Crippen LogP contribution < -0.4 is 34.4 Å². The van der Waals surface area contributed by atoms with E-state index in [0.29, 0.717) is 0 Å². The quantitative estimate of drug-likeness (QED) is 0.0955. The lowest BCUT2D eigenvalue weighted by Crippen LogP contribution is -2.68. The lowest BCUT2D eigenvalue weighted by atomic mass is 9.84. The van der Waals surface area contributed by atoms with Gasteiger partial charge in [0.25, 0.3) is 0 Å². The van der Waals surface area contributed by atoms with Crippen LogP contribution in [0.25, 0.3) is 0 Å². The van der Waals surface area contributed by atoms with Crippen LogP contribution in [-0.4, -0.2) is 224 Å². The lowest BCUT2D eigenvalue weighted by Gasteiger charge is -2.47. The Morgan fingerprint density at radius 3 is 1.16 bits per heavy atom. The molecule has 0 aromatic rings. The highest BCUT2D eigenvalue weighted by Crippen LogP contribution is 2.34. The van der Waals surface area contributed by atoms with Crippen LogP contribution in [-0.2, 0) is 59.6 Å². The fourth-order valence-electron chi connectivity index (χ4n) is 5.74. The number of rotatable bonds is 9. The second-order valence-electron chi connectivity index (χ2n) is 12.6. The molecular formula is C23H52N6O25S3. The maximum Gasteiger partial charge on any atom is 0.394 e. The highest BCUT2D eigenvalue weighted by molar-refractivity contribution is 7.80. The van der Waals surface area contributed by atoms with Gasteiger partial charge in [0.05, 0.1) is 24.8 Å². The molecule has 1 aliphatic carbocycles. The van der Waals surface area contributed by atoms with Crippen LogP contribution in [0, 0.1) is 0 Å². The van der Waals surface area contributed by atoms with Gasteiger partial charge < -0.3 is 98.6 Å². The van der Waals surface area contributed by atoms with E-state index in [2.05, 4.69) is 0 Å². The van der Waals surface area contributed by atoms with Crippen molar-refractivity contribution < 1.29 is 117 Å². The van der Waals surface area contributed by atoms with E-state index in [9.17, 15) is 35.7 Å². The number of aliphatic hydroxyl groups is 7. The molecule has 0 aromatic carbocycles. The predicted octanol–water partition coefficient (Wildman–Crippen LogP) is -10.9. The molecule has 31 nitrogen and oxygen atoms in total. The lowest BCUT2D eigenvalue weighted by molar-refractivity contribution is -0.306. The van der Waals surface area contributed by atoms with Crippen molar-refractivity contribution in [2.45, 2.75) is 123 Å². The molecule has 0 radical (unpaired) electrons. The van der Waals surface area contributed by atoms with Crippen molar-refractivity contribution in [1.82, 2.24) is 0 Å². The number of aliphatic hydroxyl groups excluding tert-OH is 7. The Hall–Kier alpha value is -1.15. The van der Waals surface area contributed by atoms with Crippen molar-refractivity contribution in [3.63, 3.8) is 0 Å². The fourth-order valence-corrected chi connectivity index (χ4v) is 5.74. The van der Waals surface area contributed by atoms with Crippen molar-refractivity contribution in [2.24, 2.45) is 34.4 Å². The first-order valence-corrected chi connectivity index (χ1v) is 20.2. The van der Waals surface area contributed by atoms with Gasteiger partial charge in [-0.2, -0.15) is 25.3 Å². The molecule has 3 aliphatic heterocycles. The molecule has 342 valence electrons. The van der Waals surface area contributed by atoms with Gasteiger partial charge in [-0.15, -0.1) is 0 Å². The van der Waals surface area contributed by atoms with E-state index in [4.69, 9.17) is 115 Å². The monoisotopic (exact) mass is 908 g/mol. The standard InChI is InChI=1S/C23H46N6O13.3H2O4S/c24-2-7-13(32)15(34)10(28)21(37-7)40-18-6(27)1-5(26)12(31)20(18)42-23-17(36)19(9(4-30)39-23)41-22-11(29)16(35)14(33)8(3-25)38-22;3*1-5(2,3)4/h5-23,30-36H,1-4,24-29H2;3*(H2,1,2,3,4)/t5-,6+,7-,8-,9-,10-,11+,12+,13-,14+,15-,16+,17-,18-,19-,20-,21-,22-,23-;;;/m1.../s1. The summed E-state index contributed by atoms with van der Waals surface area (Å²) in [6.07, 6.45) is -19.8. The number of hydrogen-bond donors (Lipinski definition) is 19. The Morgan fingerprint density at radius 2 is 0.807 bits per heavy atom. The summed E-state index contributed by atoms with van der Waals surface area (Å²) in [5, 5.41) is 73.0. The van der Waals surface area contributed by atoms with Crippen LogP contribution in [0.3, 0.4) is 0 Å². The molecule has 19 atom stereocenters. The molecule has 1 saturated carbocycles. The fraction of sp³-hybridized carbons (Fsp3) is 1.00. The zero-order valence-electron chi connectivity index (χ0n) is 29.2. The Balaban J connectivity index is 0.000000921. The first-order chi connectivity index (χ1) is 25.8. The van der Waals surface area contributed by atoms with Crippen molar-refractivity contribution in [3.8, 4) is 0 Å². The van der Waals surface area contributed by atoms with Gasteiger partial charge in [-0.25, -0.2) is 0 Å². The highest BCUT2D eigenvalue weighted by Gasteiger charge is 2.54. The minimum absolute atomic E-state index is 0.0889. The Labute approximate surface area is 324 Å². The molecule has 3 heterocycles. The molecule has 4 fully saturated rings. The topological polar surface area (TPSA) is 577 Å². The third kappa shape index (κ3) is 17.8. The van der Waals surface area contributed by atoms with Gasteiger partial charge in [-0.05, 0) is 6.42 Å². The molecule has 4 aliphatic rings. The number of nitrogens with two attached hydrogens (primary N) is 6. The SMILES string of the molecule is NC[C@H]1O[C@H](O[C@H]2[C@@H](O)[C@@H](O[C@@H]3[C@@H](O)[C@H](N)C[C@H](N)[C@H]3O[C@H]3O[C@H](CN)[C@@H](O)[C@H](O)[C@H]3N)O[C@@H]2CO)[C@@H](N)[C@H](O)[C@H]1O.O=S(=O)(O)O.O=S(=O)(O)O.O=S(=O)(O)O. The van der Waals surface area contributed by atoms with Gasteiger partial charge in [0.1, 0.15) is 67.1 Å². The normalized spacial score (nSPS) is 42.7. The van der Waals surface area contributed by atoms with E-state index in [1.165, 1.54) is 0 Å². The average Bonchev–Trinajstić information content (AvgIpc) is 3.36. The molecule has 3 saturated heterocycles. The average molecular weight is 909 g/mol. The van der Waals surface area contributed by atoms with Gasteiger partial charge in [0.2, 0.25) is 0 Å². The van der Waals surface area contributed by atoms with Crippen LogP contribution in [0.4, 0.5) is 0 Å². The summed E-state index contributed by atoms with van der Waals surface area (Å²) in [6, 6.07) is -4.18. The summed E-state index contributed by atoms with van der Waals surface area (Å²) in [5.74, 6) is 0. The highest BCUT2D eigenvalue weighted by atomic mass is 32.3. The van der Waals surface area contributed by atoms with E-state index >= 15 is 0 Å². The van der Waals surface area contributed by atoms with Crippen LogP contribution in [0.15, 0.2) is 0 Å². The van der Waals surface area contributed by atoms with Gasteiger partial charge in [0, 0.05) is 25.2 Å². The van der Waals surface area contributed by atoms with E-state index in [-0.39, 0.29) is 19.5 Å². The van der Waals surface area contributed by atoms with Crippen LogP contribution >= 0.6 is 0 Å². The Bertz CT molecular complexity index is 1440. The van der Waals surface area contributed by atoms with Gasteiger partial charge >= 0.3 is 31.2 Å². The van der Waals surface area contributed by atoms with E-state index in [1.807, 2.05) is 0 Å². The number of hydrogen-bond acceptors (Lipinski definition) is 25. The second kappa shape index (κ2) is 22.6. The third-order valence-electron chi connectivity index (χ3n) is 8.37. The minimum atomic E-state index is -4.67. The summed E-state index contributed by atoms with van der Waals surface area (Å²) in [4.78, 5) is 0. The maximum atomic E-state index is 11.1. The molecule has 0 spiro atoms. The largest absolute Gasteiger partial charge is 0.394 e. The Kier molecular flexibility index (Phi) is 21.4. The molecule has 0 unspecified atom stereocenters. The summed E-state index contributed by atoms with van der Waals surface area (Å²) in [5.41, 5.74) is 35.6. The van der Waals surface area contributed by atoms with Crippen molar-refractivity contribution in [2.75, 3.05) is 19.7 Å². The molecule has 25 N–H and O–H groups in total. The van der Waals surface area contributed by atoms with Crippen molar-refractivity contribution in [3.05, 3.63) is 0 Å². The van der Waals surface area contributed by atoms with Crippen LogP contribution in [0.5, 0.6) is 0 Å². The zero-order chi connectivity index (χ0) is 44.5. The van der Waals surface area contributed by atoms with E-state index < -0.39 is 154 Å². The second-order valence-corrected chi connectivity index (χ2v) is 15.3.